The number of pyridine rings is 2. The summed E-state index contributed by atoms with van der Waals surface area (Å²) in [5.41, 5.74) is 1.80. The first-order valence-electron chi connectivity index (χ1n) is 14.0. The van der Waals surface area contributed by atoms with E-state index in [1.165, 1.54) is 61.4 Å². The van der Waals surface area contributed by atoms with Crippen molar-refractivity contribution in [2.24, 2.45) is 7.05 Å². The molecular formula is C34H27F2N5O5. The number of fused-ring (bicyclic) bond motifs is 1. The minimum atomic E-state index is -0.757. The van der Waals surface area contributed by atoms with Gasteiger partial charge in [0, 0.05) is 53.9 Å². The molecule has 0 radical (unpaired) electrons. The van der Waals surface area contributed by atoms with Gasteiger partial charge in [-0.05, 0) is 61.0 Å². The molecule has 3 heterocycles. The van der Waals surface area contributed by atoms with E-state index in [2.05, 4.69) is 15.3 Å². The summed E-state index contributed by atoms with van der Waals surface area (Å²) < 4.78 is 48.7. The fraction of sp³-hybridized carbons (Fsp3) is 0.118. The molecule has 6 rings (SSSR count). The quantitative estimate of drug-likeness (QED) is 0.208. The molecule has 0 spiro atoms. The Balaban J connectivity index is 1.34. The number of imidazole rings is 1. The molecule has 0 aliphatic carbocycles. The van der Waals surface area contributed by atoms with E-state index >= 15 is 4.39 Å². The van der Waals surface area contributed by atoms with Gasteiger partial charge in [-0.25, -0.2) is 13.8 Å². The van der Waals surface area contributed by atoms with Gasteiger partial charge in [0.05, 0.1) is 38.0 Å². The monoisotopic (exact) mass is 623 g/mol. The maximum absolute atomic E-state index is 15.4. The molecule has 10 nitrogen and oxygen atoms in total. The Morgan fingerprint density at radius 2 is 1.65 bits per heavy atom. The van der Waals surface area contributed by atoms with E-state index in [1.54, 1.807) is 55.5 Å². The number of methoxy groups -OCH3 is 2. The largest absolute Gasteiger partial charge is 0.493 e. The number of nitrogens with zero attached hydrogens (tertiary/aromatic N) is 4. The van der Waals surface area contributed by atoms with Gasteiger partial charge in [-0.2, -0.15) is 0 Å². The van der Waals surface area contributed by atoms with Gasteiger partial charge in [-0.3, -0.25) is 19.1 Å². The maximum atomic E-state index is 15.4. The van der Waals surface area contributed by atoms with E-state index in [1.807, 2.05) is 0 Å². The van der Waals surface area contributed by atoms with Gasteiger partial charge in [0.1, 0.15) is 17.1 Å². The molecule has 0 bridgehead atoms. The number of nitrogens with one attached hydrogen (secondary N) is 1. The van der Waals surface area contributed by atoms with Crippen molar-refractivity contribution >= 4 is 22.5 Å². The van der Waals surface area contributed by atoms with Crippen molar-refractivity contribution in [3.63, 3.8) is 0 Å². The summed E-state index contributed by atoms with van der Waals surface area (Å²) in [5, 5.41) is 3.20. The molecule has 6 aromatic rings. The van der Waals surface area contributed by atoms with Crippen LogP contribution in [0, 0.1) is 18.6 Å². The van der Waals surface area contributed by atoms with Crippen LogP contribution in [-0.4, -0.2) is 39.2 Å². The maximum Gasteiger partial charge on any atom is 0.268 e. The number of carbonyl (C=O) groups is 1. The number of rotatable bonds is 8. The number of ether oxygens (including phenoxy) is 3. The zero-order valence-corrected chi connectivity index (χ0v) is 25.2. The first-order chi connectivity index (χ1) is 22.2. The Labute approximate surface area is 261 Å². The molecule has 0 aliphatic heterocycles. The van der Waals surface area contributed by atoms with Crippen LogP contribution in [0.4, 0.5) is 14.5 Å². The van der Waals surface area contributed by atoms with Gasteiger partial charge in [-0.15, -0.1) is 0 Å². The van der Waals surface area contributed by atoms with E-state index in [0.29, 0.717) is 50.7 Å². The number of halogens is 2. The first kappa shape index (κ1) is 30.0. The van der Waals surface area contributed by atoms with Gasteiger partial charge in [-0.1, -0.05) is 0 Å². The Hall–Kier alpha value is -6.04. The van der Waals surface area contributed by atoms with Crippen LogP contribution in [0.2, 0.25) is 0 Å². The van der Waals surface area contributed by atoms with Crippen LogP contribution < -0.4 is 25.1 Å². The van der Waals surface area contributed by atoms with Crippen molar-refractivity contribution in [2.75, 3.05) is 19.5 Å². The molecule has 3 aromatic heterocycles. The van der Waals surface area contributed by atoms with Gasteiger partial charge in [0.2, 0.25) is 0 Å². The van der Waals surface area contributed by atoms with Crippen molar-refractivity contribution in [1.29, 1.82) is 0 Å². The van der Waals surface area contributed by atoms with E-state index in [4.69, 9.17) is 14.2 Å². The highest BCUT2D eigenvalue weighted by atomic mass is 19.1. The van der Waals surface area contributed by atoms with Crippen molar-refractivity contribution in [2.45, 2.75) is 6.92 Å². The minimum absolute atomic E-state index is 0.0962. The van der Waals surface area contributed by atoms with Crippen LogP contribution in [0.1, 0.15) is 15.9 Å². The molecular weight excluding hydrogens is 596 g/mol. The van der Waals surface area contributed by atoms with Gasteiger partial charge >= 0.3 is 0 Å². The van der Waals surface area contributed by atoms with E-state index < -0.39 is 23.1 Å². The first-order valence-corrected chi connectivity index (χ1v) is 14.0. The molecule has 0 fully saturated rings. The Bertz CT molecular complexity index is 2180. The predicted octanol–water partition coefficient (Wildman–Crippen LogP) is 6.43. The summed E-state index contributed by atoms with van der Waals surface area (Å²) in [5.74, 6) is -0.827. The van der Waals surface area contributed by atoms with Crippen molar-refractivity contribution < 1.29 is 27.8 Å². The molecule has 0 aliphatic rings. The second-order valence-corrected chi connectivity index (χ2v) is 10.3. The van der Waals surface area contributed by atoms with Crippen LogP contribution in [0.25, 0.3) is 27.8 Å². The number of hydrogen-bond acceptors (Lipinski definition) is 7. The molecule has 12 heteroatoms. The molecule has 0 atom stereocenters. The van der Waals surface area contributed by atoms with E-state index in [9.17, 15) is 14.0 Å². The molecule has 232 valence electrons. The standard InChI is InChI=1S/C34H27F2N5O5/c1-19-24(27-16-37-18-40(27)2)17-41(22-8-5-20(35)6-9-22)34(43)32(19)33(42)39-21-7-10-29(25(36)13-21)46-28-11-12-38-26-15-31(45-4)30(44-3)14-23(26)28/h5-18H,1-4H3,(H,39,42). The number of aryl methyl sites for hydroxylation is 1. The zero-order valence-electron chi connectivity index (χ0n) is 25.2. The van der Waals surface area contributed by atoms with Crippen LogP contribution in [-0.2, 0) is 7.05 Å². The van der Waals surface area contributed by atoms with Gasteiger partial charge in [0.15, 0.2) is 23.1 Å². The zero-order chi connectivity index (χ0) is 32.5. The number of hydrogen-bond donors (Lipinski definition) is 1. The number of amides is 1. The lowest BCUT2D eigenvalue weighted by Crippen LogP contribution is -2.30. The Morgan fingerprint density at radius 1 is 0.913 bits per heavy atom. The highest BCUT2D eigenvalue weighted by Gasteiger charge is 2.23. The highest BCUT2D eigenvalue weighted by molar-refractivity contribution is 6.06. The normalized spacial score (nSPS) is 11.0. The molecule has 0 saturated carbocycles. The molecule has 1 N–H and O–H groups in total. The molecule has 0 saturated heterocycles. The average molecular weight is 624 g/mol. The molecule has 3 aromatic carbocycles. The second kappa shape index (κ2) is 12.2. The smallest absolute Gasteiger partial charge is 0.268 e. The fourth-order valence-corrected chi connectivity index (χ4v) is 5.15. The van der Waals surface area contributed by atoms with Crippen LogP contribution >= 0.6 is 0 Å². The van der Waals surface area contributed by atoms with Crippen LogP contribution in [0.5, 0.6) is 23.0 Å². The Morgan fingerprint density at radius 3 is 2.33 bits per heavy atom. The lowest BCUT2D eigenvalue weighted by Gasteiger charge is -2.16. The highest BCUT2D eigenvalue weighted by Crippen LogP contribution is 2.37. The van der Waals surface area contributed by atoms with Crippen molar-refractivity contribution in [3.8, 4) is 39.9 Å². The lowest BCUT2D eigenvalue weighted by molar-refractivity contribution is 0.102. The lowest BCUT2D eigenvalue weighted by atomic mass is 10.0. The molecule has 1 amide bonds. The van der Waals surface area contributed by atoms with Crippen molar-refractivity contribution in [3.05, 3.63) is 119 Å². The molecule has 46 heavy (non-hydrogen) atoms. The SMILES string of the molecule is COc1cc2nccc(Oc3ccc(NC(=O)c4c(C)c(-c5cncn5C)cn(-c5ccc(F)cc5)c4=O)cc3F)c2cc1OC. The van der Waals surface area contributed by atoms with Crippen molar-refractivity contribution in [1.82, 2.24) is 19.1 Å². The van der Waals surface area contributed by atoms with Gasteiger partial charge in [0.25, 0.3) is 11.5 Å². The minimum Gasteiger partial charge on any atom is -0.493 e. The van der Waals surface area contributed by atoms with E-state index in [-0.39, 0.29) is 17.0 Å². The topological polar surface area (TPSA) is 110 Å². The third-order valence-electron chi connectivity index (χ3n) is 7.51. The van der Waals surface area contributed by atoms with E-state index in [0.717, 1.165) is 6.07 Å². The number of benzene rings is 3. The van der Waals surface area contributed by atoms with Crippen LogP contribution in [0.15, 0.2) is 90.4 Å². The average Bonchev–Trinajstić information content (AvgIpc) is 3.47. The fourth-order valence-electron chi connectivity index (χ4n) is 5.15. The third kappa shape index (κ3) is 5.52. The summed E-state index contributed by atoms with van der Waals surface area (Å²) in [7, 11) is 4.80. The number of aromatic nitrogens is 4. The summed E-state index contributed by atoms with van der Waals surface area (Å²) >= 11 is 0. The van der Waals surface area contributed by atoms with Gasteiger partial charge < -0.3 is 24.1 Å². The summed E-state index contributed by atoms with van der Waals surface area (Å²) in [6.45, 7) is 1.65. The van der Waals surface area contributed by atoms with Crippen LogP contribution in [0.3, 0.4) is 0 Å². The third-order valence-corrected chi connectivity index (χ3v) is 7.51. The predicted molar refractivity (Wildman–Crippen MR) is 168 cm³/mol. The Kier molecular flexibility index (Phi) is 7.93. The number of carbonyl (C=O) groups excluding carboxylic acids is 1. The summed E-state index contributed by atoms with van der Waals surface area (Å²) in [6, 6.07) is 14.2. The summed E-state index contributed by atoms with van der Waals surface area (Å²) in [6.07, 6.45) is 6.31. The second-order valence-electron chi connectivity index (χ2n) is 10.3. The summed E-state index contributed by atoms with van der Waals surface area (Å²) in [4.78, 5) is 35.8. The number of anilines is 1. The molecule has 0 unspecified atom stereocenters.